The molecule has 68 valence electrons. The molecule has 0 nitrogen and oxygen atoms in total. The van der Waals surface area contributed by atoms with Crippen LogP contribution in [-0.4, -0.2) is 0 Å². The van der Waals surface area contributed by atoms with E-state index in [1.54, 1.807) is 0 Å². The summed E-state index contributed by atoms with van der Waals surface area (Å²) < 4.78 is 0. The molecule has 0 aliphatic carbocycles. The maximum absolute atomic E-state index is 2.00. The van der Waals surface area contributed by atoms with Crippen molar-refractivity contribution in [2.75, 3.05) is 0 Å². The van der Waals surface area contributed by atoms with Gasteiger partial charge in [-0.1, -0.05) is 0 Å². The van der Waals surface area contributed by atoms with Gasteiger partial charge in [-0.15, -0.1) is 0 Å². The quantitative estimate of drug-likeness (QED) is 0.637. The van der Waals surface area contributed by atoms with Crippen LogP contribution < -0.4 is 0 Å². The van der Waals surface area contributed by atoms with E-state index in [0.29, 0.717) is 0 Å². The van der Waals surface area contributed by atoms with E-state index in [1.165, 1.54) is 0 Å². The summed E-state index contributed by atoms with van der Waals surface area (Å²) >= 11 is 0. The van der Waals surface area contributed by atoms with Crippen molar-refractivity contribution in [1.82, 2.24) is 0 Å². The fraction of sp³-hybridized carbons (Fsp3) is 0.200. The maximum atomic E-state index is 2.00. The summed E-state index contributed by atoms with van der Waals surface area (Å²) in [5, 5.41) is 0. The van der Waals surface area contributed by atoms with Gasteiger partial charge in [0.05, 0.1) is 0 Å². The Morgan fingerprint density at radius 1 is 1.00 bits per heavy atom. The molecule has 0 aliphatic heterocycles. The van der Waals surface area contributed by atoms with E-state index in [9.17, 15) is 0 Å². The molecule has 0 aliphatic rings. The van der Waals surface area contributed by atoms with E-state index in [2.05, 4.69) is 0 Å². The molecule has 0 saturated carbocycles. The maximum Gasteiger partial charge on any atom is 4.00 e. The molecule has 0 bridgehead atoms. The van der Waals surface area contributed by atoms with Gasteiger partial charge >= 0.3 is 21.1 Å². The van der Waals surface area contributed by atoms with Gasteiger partial charge < -0.3 is 21.3 Å². The normalized spacial score (nSPS) is 5.27. The van der Waals surface area contributed by atoms with Crippen molar-refractivity contribution in [2.45, 2.75) is 13.8 Å². The Bertz CT molecular complexity index is 71.8. The molecule has 11 heavy (non-hydrogen) atoms. The largest absolute Gasteiger partial charge is 4.00 e. The first-order valence-electron chi connectivity index (χ1n) is 2.82. The summed E-state index contributed by atoms with van der Waals surface area (Å²) in [6.45, 7) is 4.00. The Balaban J connectivity index is -0.0000000379. The number of rotatable bonds is 0. The first-order chi connectivity index (χ1) is 3.91. The molecule has 0 fully saturated rings. The summed E-state index contributed by atoms with van der Waals surface area (Å²) in [6.07, 6.45) is 2.00. The minimum Gasteiger partial charge on any atom is -0.358 e. The van der Waals surface area contributed by atoms with Crippen molar-refractivity contribution in [3.8, 4) is 0 Å². The molecule has 0 N–H and O–H groups in total. The molecule has 1 aromatic carbocycles. The van der Waals surface area contributed by atoms with E-state index in [1.807, 2.05) is 50.6 Å². The van der Waals surface area contributed by atoms with E-state index >= 15 is 0 Å². The van der Waals surface area contributed by atoms with Crippen molar-refractivity contribution in [1.29, 1.82) is 0 Å². The van der Waals surface area contributed by atoms with Crippen LogP contribution in [0.4, 0.5) is 0 Å². The number of hydrogen-bond donors (Lipinski definition) is 0. The fourth-order valence-electron chi connectivity index (χ4n) is 0.321. The molecule has 0 radical (unpaired) electrons. The summed E-state index contributed by atoms with van der Waals surface area (Å²) in [6, 6.07) is 10.0. The van der Waals surface area contributed by atoms with Crippen LogP contribution in [0.5, 0.6) is 0 Å². The van der Waals surface area contributed by atoms with E-state index < -0.39 is 0 Å². The van der Waals surface area contributed by atoms with Crippen molar-refractivity contribution < 1.29 is 21.1 Å². The van der Waals surface area contributed by atoms with Crippen LogP contribution in [0.2, 0.25) is 0 Å². The minimum absolute atomic E-state index is 0. The van der Waals surface area contributed by atoms with Crippen molar-refractivity contribution >= 4 is 0 Å². The molecular formula is C10H18Pt. The molecule has 1 heteroatoms. The molecule has 0 heterocycles. The first-order valence-corrected chi connectivity index (χ1v) is 2.82. The van der Waals surface area contributed by atoms with Crippen LogP contribution >= 0.6 is 0 Å². The standard InChI is InChI=1S/C5H5.C3H7.2CH3.Pt/c1-2-4-5-3-1;1-3-2;;;/h1-5H;3H,1-2H3;2*1H3;/q4*-1;+4. The van der Waals surface area contributed by atoms with Crippen LogP contribution in [0.1, 0.15) is 13.8 Å². The zero-order valence-electron chi connectivity index (χ0n) is 7.78. The van der Waals surface area contributed by atoms with E-state index in [4.69, 9.17) is 0 Å². The second-order valence-corrected chi connectivity index (χ2v) is 1.54. The van der Waals surface area contributed by atoms with Gasteiger partial charge in [-0.05, 0) is 0 Å². The minimum atomic E-state index is 0. The zero-order valence-corrected chi connectivity index (χ0v) is 10.1. The molecular weight excluding hydrogens is 315 g/mol. The van der Waals surface area contributed by atoms with Gasteiger partial charge in [0, 0.05) is 0 Å². The van der Waals surface area contributed by atoms with Gasteiger partial charge in [0.2, 0.25) is 0 Å². The summed E-state index contributed by atoms with van der Waals surface area (Å²) in [4.78, 5) is 0. The average Bonchev–Trinajstić information content (AvgIpc) is 2.17. The van der Waals surface area contributed by atoms with Gasteiger partial charge in [-0.3, -0.25) is 0 Å². The van der Waals surface area contributed by atoms with Crippen LogP contribution in [0, 0.1) is 21.3 Å². The topological polar surface area (TPSA) is 0 Å². The Hall–Kier alpha value is 0.0383. The molecule has 0 spiro atoms. The zero-order chi connectivity index (χ0) is 6.24. The second-order valence-electron chi connectivity index (χ2n) is 1.54. The number of hydrogen-bond acceptors (Lipinski definition) is 0. The predicted octanol–water partition coefficient (Wildman–Crippen LogP) is 3.53. The van der Waals surface area contributed by atoms with Crippen LogP contribution in [-0.2, 0) is 21.1 Å². The van der Waals surface area contributed by atoms with Gasteiger partial charge in [-0.2, -0.15) is 32.0 Å². The van der Waals surface area contributed by atoms with Crippen LogP contribution in [0.25, 0.3) is 0 Å². The fourth-order valence-corrected chi connectivity index (χ4v) is 0.321. The SMILES string of the molecule is C[CH-]C.[CH3-].[CH3-].[Pt+4].c1cc[cH-]c1. The van der Waals surface area contributed by atoms with Crippen molar-refractivity contribution in [3.05, 3.63) is 51.6 Å². The Kier molecular flexibility index (Phi) is 45.9. The molecule has 0 aromatic heterocycles. The predicted molar refractivity (Wildman–Crippen MR) is 50.5 cm³/mol. The van der Waals surface area contributed by atoms with Gasteiger partial charge in [0.25, 0.3) is 0 Å². The van der Waals surface area contributed by atoms with Crippen LogP contribution in [0.3, 0.4) is 0 Å². The van der Waals surface area contributed by atoms with E-state index in [-0.39, 0.29) is 35.9 Å². The molecule has 1 rings (SSSR count). The molecule has 0 saturated heterocycles. The van der Waals surface area contributed by atoms with Gasteiger partial charge in [0.15, 0.2) is 0 Å². The monoisotopic (exact) mass is 333 g/mol. The molecule has 0 unspecified atom stereocenters. The smallest absolute Gasteiger partial charge is 0.358 e. The third-order valence-corrected chi connectivity index (χ3v) is 0.556. The van der Waals surface area contributed by atoms with Crippen LogP contribution in [0.15, 0.2) is 30.3 Å². The Morgan fingerprint density at radius 2 is 1.27 bits per heavy atom. The van der Waals surface area contributed by atoms with E-state index in [0.717, 1.165) is 0 Å². The van der Waals surface area contributed by atoms with Gasteiger partial charge in [0.1, 0.15) is 0 Å². The molecule has 1 aromatic rings. The second kappa shape index (κ2) is 22.5. The van der Waals surface area contributed by atoms with Gasteiger partial charge in [-0.25, -0.2) is 12.1 Å². The van der Waals surface area contributed by atoms with Crippen molar-refractivity contribution in [2.24, 2.45) is 0 Å². The average molecular weight is 333 g/mol. The Morgan fingerprint density at radius 3 is 1.36 bits per heavy atom. The molecule has 0 atom stereocenters. The third kappa shape index (κ3) is 25.6. The van der Waals surface area contributed by atoms with Crippen molar-refractivity contribution in [3.63, 3.8) is 0 Å². The summed E-state index contributed by atoms with van der Waals surface area (Å²) in [5.41, 5.74) is 0. The Labute approximate surface area is 86.7 Å². The summed E-state index contributed by atoms with van der Waals surface area (Å²) in [7, 11) is 0. The third-order valence-electron chi connectivity index (χ3n) is 0.556. The summed E-state index contributed by atoms with van der Waals surface area (Å²) in [5.74, 6) is 0. The molecule has 0 amide bonds. The first kappa shape index (κ1) is 22.5.